The van der Waals surface area contributed by atoms with Gasteiger partial charge in [0.25, 0.3) is 0 Å². The van der Waals surface area contributed by atoms with E-state index >= 15 is 0 Å². The first-order valence-electron chi connectivity index (χ1n) is 6.90. The molecule has 0 aliphatic heterocycles. The highest BCUT2D eigenvalue weighted by Crippen LogP contribution is 2.37. The third-order valence-electron chi connectivity index (χ3n) is 3.10. The van der Waals surface area contributed by atoms with E-state index in [1.807, 2.05) is 30.3 Å². The number of anilines is 1. The summed E-state index contributed by atoms with van der Waals surface area (Å²) in [5.74, 6) is -1.62. The van der Waals surface area contributed by atoms with Gasteiger partial charge in [0.15, 0.2) is 17.2 Å². The van der Waals surface area contributed by atoms with Crippen LogP contribution in [0.25, 0.3) is 0 Å². The van der Waals surface area contributed by atoms with Crippen LogP contribution in [-0.2, 0) is 6.42 Å². The second-order valence-electron chi connectivity index (χ2n) is 4.83. The minimum Gasteiger partial charge on any atom is -0.504 e. The van der Waals surface area contributed by atoms with Crippen LogP contribution in [0, 0.1) is 0 Å². The lowest BCUT2D eigenvalue weighted by Crippen LogP contribution is -2.29. The standard InChI is InChI=1S/C16H18N2O4/c19-13-9-12(10-14(20)15(13)21)18-16(22)17-8-4-7-11-5-2-1-3-6-11/h1-3,5-6,9-10,19-21H,4,7-8H2,(H2,17,18,22). The highest BCUT2D eigenvalue weighted by Gasteiger charge is 2.09. The van der Waals surface area contributed by atoms with Gasteiger partial charge >= 0.3 is 6.03 Å². The van der Waals surface area contributed by atoms with Crippen molar-refractivity contribution in [2.75, 3.05) is 11.9 Å². The van der Waals surface area contributed by atoms with Crippen molar-refractivity contribution in [3.63, 3.8) is 0 Å². The third-order valence-corrected chi connectivity index (χ3v) is 3.10. The first kappa shape index (κ1) is 15.5. The Balaban J connectivity index is 1.76. The zero-order chi connectivity index (χ0) is 15.9. The van der Waals surface area contributed by atoms with Crippen LogP contribution in [0.4, 0.5) is 10.5 Å². The average molecular weight is 302 g/mol. The van der Waals surface area contributed by atoms with Crippen molar-refractivity contribution in [2.45, 2.75) is 12.8 Å². The molecule has 6 heteroatoms. The Morgan fingerprint density at radius 3 is 2.27 bits per heavy atom. The molecular weight excluding hydrogens is 284 g/mol. The van der Waals surface area contributed by atoms with Gasteiger partial charge in [-0.2, -0.15) is 0 Å². The minimum atomic E-state index is -0.617. The van der Waals surface area contributed by atoms with Crippen molar-refractivity contribution in [2.24, 2.45) is 0 Å². The molecule has 2 rings (SSSR count). The van der Waals surface area contributed by atoms with Crippen LogP contribution in [0.5, 0.6) is 17.2 Å². The van der Waals surface area contributed by atoms with Gasteiger partial charge < -0.3 is 26.0 Å². The Bertz CT molecular complexity index is 621. The fourth-order valence-electron chi connectivity index (χ4n) is 1.99. The molecule has 0 heterocycles. The number of hydrogen-bond acceptors (Lipinski definition) is 4. The summed E-state index contributed by atoms with van der Waals surface area (Å²) < 4.78 is 0. The van der Waals surface area contributed by atoms with Crippen LogP contribution in [0.15, 0.2) is 42.5 Å². The smallest absolute Gasteiger partial charge is 0.319 e. The van der Waals surface area contributed by atoms with Gasteiger partial charge in [0.2, 0.25) is 0 Å². The number of nitrogens with one attached hydrogen (secondary N) is 2. The molecular formula is C16H18N2O4. The molecule has 5 N–H and O–H groups in total. The van der Waals surface area contributed by atoms with E-state index in [9.17, 15) is 20.1 Å². The number of aryl methyl sites for hydroxylation is 1. The van der Waals surface area contributed by atoms with Crippen LogP contribution in [0.2, 0.25) is 0 Å². The zero-order valence-corrected chi connectivity index (χ0v) is 11.9. The van der Waals surface area contributed by atoms with Crippen molar-refractivity contribution < 1.29 is 20.1 Å². The van der Waals surface area contributed by atoms with Crippen molar-refractivity contribution in [3.8, 4) is 17.2 Å². The first-order valence-corrected chi connectivity index (χ1v) is 6.90. The largest absolute Gasteiger partial charge is 0.504 e. The van der Waals surface area contributed by atoms with E-state index in [1.54, 1.807) is 0 Å². The molecule has 0 spiro atoms. The van der Waals surface area contributed by atoms with Crippen molar-refractivity contribution >= 4 is 11.7 Å². The predicted molar refractivity (Wildman–Crippen MR) is 83.2 cm³/mol. The van der Waals surface area contributed by atoms with Gasteiger partial charge in [-0.1, -0.05) is 30.3 Å². The van der Waals surface area contributed by atoms with Gasteiger partial charge in [-0.15, -0.1) is 0 Å². The lowest BCUT2D eigenvalue weighted by atomic mass is 10.1. The topological polar surface area (TPSA) is 102 Å². The summed E-state index contributed by atoms with van der Waals surface area (Å²) in [5.41, 5.74) is 1.39. The number of benzene rings is 2. The molecule has 0 fully saturated rings. The van der Waals surface area contributed by atoms with Crippen LogP contribution < -0.4 is 10.6 Å². The minimum absolute atomic E-state index is 0.188. The number of carbonyl (C=O) groups is 1. The lowest BCUT2D eigenvalue weighted by Gasteiger charge is -2.09. The highest BCUT2D eigenvalue weighted by atomic mass is 16.3. The van der Waals surface area contributed by atoms with Gasteiger partial charge in [-0.3, -0.25) is 0 Å². The van der Waals surface area contributed by atoms with Crippen molar-refractivity contribution in [1.29, 1.82) is 0 Å². The highest BCUT2D eigenvalue weighted by molar-refractivity contribution is 5.90. The second-order valence-corrected chi connectivity index (χ2v) is 4.83. The third kappa shape index (κ3) is 4.31. The summed E-state index contributed by atoms with van der Waals surface area (Å²) in [7, 11) is 0. The fourth-order valence-corrected chi connectivity index (χ4v) is 1.99. The van der Waals surface area contributed by atoms with Crippen LogP contribution in [-0.4, -0.2) is 27.9 Å². The Labute approximate surface area is 128 Å². The van der Waals surface area contributed by atoms with E-state index in [2.05, 4.69) is 10.6 Å². The molecule has 0 aliphatic rings. The SMILES string of the molecule is O=C(NCCCc1ccccc1)Nc1cc(O)c(O)c(O)c1. The van der Waals surface area contributed by atoms with E-state index in [-0.39, 0.29) is 5.69 Å². The molecule has 0 atom stereocenters. The Morgan fingerprint density at radius 1 is 1.00 bits per heavy atom. The molecule has 0 bridgehead atoms. The summed E-state index contributed by atoms with van der Waals surface area (Å²) in [4.78, 5) is 11.7. The molecule has 2 aromatic rings. The Kier molecular flexibility index (Phi) is 5.08. The molecule has 0 radical (unpaired) electrons. The van der Waals surface area contributed by atoms with E-state index in [0.717, 1.165) is 25.0 Å². The van der Waals surface area contributed by atoms with Crippen LogP contribution in [0.3, 0.4) is 0 Å². The van der Waals surface area contributed by atoms with Crippen LogP contribution in [0.1, 0.15) is 12.0 Å². The number of carbonyl (C=O) groups excluding carboxylic acids is 1. The van der Waals surface area contributed by atoms with Gasteiger partial charge in [0.05, 0.1) is 5.69 Å². The molecule has 2 amide bonds. The normalized spacial score (nSPS) is 10.2. The molecule has 0 saturated carbocycles. The average Bonchev–Trinajstić information content (AvgIpc) is 2.50. The second kappa shape index (κ2) is 7.21. The predicted octanol–water partition coefficient (Wildman–Crippen LogP) is 2.56. The van der Waals surface area contributed by atoms with Gasteiger partial charge in [-0.05, 0) is 18.4 Å². The number of amides is 2. The van der Waals surface area contributed by atoms with Gasteiger partial charge in [-0.25, -0.2) is 4.79 Å². The molecule has 0 unspecified atom stereocenters. The zero-order valence-electron chi connectivity index (χ0n) is 11.9. The molecule has 22 heavy (non-hydrogen) atoms. The fraction of sp³-hybridized carbons (Fsp3) is 0.188. The summed E-state index contributed by atoms with van der Waals surface area (Å²) >= 11 is 0. The van der Waals surface area contributed by atoms with E-state index in [1.165, 1.54) is 5.56 Å². The molecule has 2 aromatic carbocycles. The number of rotatable bonds is 5. The summed E-state index contributed by atoms with van der Waals surface area (Å²) in [6, 6.07) is 11.8. The number of aromatic hydroxyl groups is 3. The molecule has 116 valence electrons. The molecule has 0 aromatic heterocycles. The molecule has 0 aliphatic carbocycles. The maximum atomic E-state index is 11.7. The Morgan fingerprint density at radius 2 is 1.64 bits per heavy atom. The van der Waals surface area contributed by atoms with Crippen molar-refractivity contribution in [3.05, 3.63) is 48.0 Å². The van der Waals surface area contributed by atoms with E-state index in [0.29, 0.717) is 6.54 Å². The van der Waals surface area contributed by atoms with Crippen LogP contribution >= 0.6 is 0 Å². The summed E-state index contributed by atoms with van der Waals surface area (Å²) in [6.45, 7) is 0.497. The number of phenolic OH excluding ortho intramolecular Hbond substituents is 3. The number of hydrogen-bond donors (Lipinski definition) is 5. The lowest BCUT2D eigenvalue weighted by molar-refractivity contribution is 0.252. The van der Waals surface area contributed by atoms with Gasteiger partial charge in [0, 0.05) is 18.7 Å². The first-order chi connectivity index (χ1) is 10.6. The molecule has 6 nitrogen and oxygen atoms in total. The van der Waals surface area contributed by atoms with E-state index in [4.69, 9.17) is 0 Å². The number of phenols is 3. The van der Waals surface area contributed by atoms with Gasteiger partial charge in [0.1, 0.15) is 0 Å². The molecule has 0 saturated heterocycles. The monoisotopic (exact) mass is 302 g/mol. The summed E-state index contributed by atoms with van der Waals surface area (Å²) in [6.07, 6.45) is 1.66. The maximum absolute atomic E-state index is 11.7. The maximum Gasteiger partial charge on any atom is 0.319 e. The Hall–Kier alpha value is -2.89. The summed E-state index contributed by atoms with van der Waals surface area (Å²) in [5, 5.41) is 33.1. The number of urea groups is 1. The quantitative estimate of drug-likeness (QED) is 0.333. The van der Waals surface area contributed by atoms with Crippen molar-refractivity contribution in [1.82, 2.24) is 5.32 Å². The van der Waals surface area contributed by atoms with E-state index < -0.39 is 23.3 Å².